The van der Waals surface area contributed by atoms with Gasteiger partial charge >= 0.3 is 18.3 Å². The lowest BCUT2D eigenvalue weighted by Crippen LogP contribution is -2.42. The monoisotopic (exact) mass is 583 g/mol. The largest absolute Gasteiger partial charge is 0.465 e. The second kappa shape index (κ2) is 18.5. The van der Waals surface area contributed by atoms with E-state index < -0.39 is 6.09 Å². The van der Waals surface area contributed by atoms with Crippen LogP contribution in [0.1, 0.15) is 71.1 Å². The first-order valence-electron chi connectivity index (χ1n) is 15.2. The van der Waals surface area contributed by atoms with Gasteiger partial charge in [0.1, 0.15) is 17.6 Å². The summed E-state index contributed by atoms with van der Waals surface area (Å²) in [5, 5.41) is 12.5. The number of unbranched alkanes of at least 4 members (excludes halogenated alkanes) is 6. The normalized spacial score (nSPS) is 13.3. The smallest absolute Gasteiger partial charge is 0.411 e. The Morgan fingerprint density at radius 2 is 1.55 bits per heavy atom. The molecule has 0 aromatic heterocycles. The number of piperidine rings is 1. The minimum atomic E-state index is -1.00. The molecule has 10 heteroatoms. The van der Waals surface area contributed by atoms with E-state index >= 15 is 0 Å². The number of carbonyl (C=O) groups excluding carboxylic acids is 2. The highest BCUT2D eigenvalue weighted by Gasteiger charge is 2.26. The van der Waals surface area contributed by atoms with Crippen LogP contribution in [0.15, 0.2) is 54.6 Å². The van der Waals surface area contributed by atoms with E-state index in [9.17, 15) is 19.5 Å². The third-order valence-electron chi connectivity index (χ3n) is 7.13. The van der Waals surface area contributed by atoms with Gasteiger partial charge < -0.3 is 29.5 Å². The molecular formula is C32H45N3O7. The zero-order valence-corrected chi connectivity index (χ0v) is 24.7. The van der Waals surface area contributed by atoms with Crippen LogP contribution in [-0.4, -0.2) is 67.2 Å². The zero-order chi connectivity index (χ0) is 30.0. The van der Waals surface area contributed by atoms with E-state index in [4.69, 9.17) is 14.2 Å². The van der Waals surface area contributed by atoms with Crippen molar-refractivity contribution in [3.8, 4) is 11.5 Å². The van der Waals surface area contributed by atoms with Crippen molar-refractivity contribution >= 4 is 24.0 Å². The maximum Gasteiger partial charge on any atom is 0.411 e. The van der Waals surface area contributed by atoms with Crippen LogP contribution in [0.4, 0.5) is 20.1 Å². The molecule has 0 atom stereocenters. The highest BCUT2D eigenvalue weighted by Crippen LogP contribution is 2.25. The molecule has 3 rings (SSSR count). The molecule has 0 bridgehead atoms. The molecule has 1 saturated heterocycles. The minimum Gasteiger partial charge on any atom is -0.465 e. The van der Waals surface area contributed by atoms with Gasteiger partial charge in [-0.2, -0.15) is 0 Å². The standard InChI is InChI=1S/C32H45N3O7/c1-2-3-4-10-21-33-30(36)42-29-19-23-34(24-20-29)32(39)40-25-12-6-5-11-22-35(31(37)38)26-15-17-28(18-16-26)41-27-13-8-7-9-14-27/h7-9,13-18,29H,2-6,10-12,19-25H2,1H3,(H,33,36)(H,37,38). The predicted molar refractivity (Wildman–Crippen MR) is 161 cm³/mol. The van der Waals surface area contributed by atoms with Crippen molar-refractivity contribution in [2.75, 3.05) is 37.7 Å². The third kappa shape index (κ3) is 11.9. The predicted octanol–water partition coefficient (Wildman–Crippen LogP) is 7.43. The van der Waals surface area contributed by atoms with Gasteiger partial charge in [-0.1, -0.05) is 50.8 Å². The summed E-state index contributed by atoms with van der Waals surface area (Å²) < 4.78 is 16.7. The number of carbonyl (C=O) groups is 3. The summed E-state index contributed by atoms with van der Waals surface area (Å²) in [6.07, 6.45) is 6.71. The molecule has 0 radical (unpaired) electrons. The van der Waals surface area contributed by atoms with E-state index in [-0.39, 0.29) is 18.3 Å². The molecule has 0 aliphatic carbocycles. The van der Waals surface area contributed by atoms with Crippen molar-refractivity contribution in [3.63, 3.8) is 0 Å². The third-order valence-corrected chi connectivity index (χ3v) is 7.13. The molecule has 0 spiro atoms. The van der Waals surface area contributed by atoms with Gasteiger partial charge in [0.15, 0.2) is 0 Å². The maximum atomic E-state index is 12.4. The fourth-order valence-corrected chi connectivity index (χ4v) is 4.72. The molecular weight excluding hydrogens is 538 g/mol. The lowest BCUT2D eigenvalue weighted by molar-refractivity contribution is 0.0417. The van der Waals surface area contributed by atoms with Crippen LogP contribution in [-0.2, 0) is 9.47 Å². The van der Waals surface area contributed by atoms with Gasteiger partial charge in [-0.05, 0) is 62.1 Å². The fourth-order valence-electron chi connectivity index (χ4n) is 4.72. The molecule has 2 aromatic carbocycles. The average Bonchev–Trinajstić information content (AvgIpc) is 2.99. The van der Waals surface area contributed by atoms with Crippen molar-refractivity contribution in [1.29, 1.82) is 0 Å². The molecule has 10 nitrogen and oxygen atoms in total. The SMILES string of the molecule is CCCCCCNC(=O)OC1CCN(C(=O)OCCCCCCN(C(=O)O)c2ccc(Oc3ccccc3)cc2)CC1. The Balaban J connectivity index is 1.24. The summed E-state index contributed by atoms with van der Waals surface area (Å²) >= 11 is 0. The molecule has 3 amide bonds. The summed E-state index contributed by atoms with van der Waals surface area (Å²) in [6.45, 7) is 4.47. The number of likely N-dealkylation sites (tertiary alicyclic amines) is 1. The summed E-state index contributed by atoms with van der Waals surface area (Å²) in [6, 6.07) is 16.4. The molecule has 1 aliphatic rings. The van der Waals surface area contributed by atoms with Crippen molar-refractivity contribution in [2.24, 2.45) is 0 Å². The number of para-hydroxylation sites is 1. The van der Waals surface area contributed by atoms with Crippen LogP contribution >= 0.6 is 0 Å². The molecule has 230 valence electrons. The van der Waals surface area contributed by atoms with Gasteiger partial charge in [0.05, 0.1) is 6.61 Å². The molecule has 2 N–H and O–H groups in total. The van der Waals surface area contributed by atoms with Gasteiger partial charge in [-0.15, -0.1) is 0 Å². The number of benzene rings is 2. The van der Waals surface area contributed by atoms with Crippen LogP contribution in [0.3, 0.4) is 0 Å². The molecule has 1 aliphatic heterocycles. The first-order valence-corrected chi connectivity index (χ1v) is 15.2. The Labute approximate surface area is 248 Å². The Bertz CT molecular complexity index is 1070. The fraction of sp³-hybridized carbons (Fsp3) is 0.531. The molecule has 0 unspecified atom stereocenters. The van der Waals surface area contributed by atoms with E-state index in [1.54, 1.807) is 29.2 Å². The van der Waals surface area contributed by atoms with Crippen LogP contribution in [0.5, 0.6) is 11.5 Å². The summed E-state index contributed by atoms with van der Waals surface area (Å²) in [5.74, 6) is 1.35. The Morgan fingerprint density at radius 3 is 2.24 bits per heavy atom. The number of amides is 3. The number of nitrogens with zero attached hydrogens (tertiary/aromatic N) is 2. The molecule has 0 saturated carbocycles. The van der Waals surface area contributed by atoms with E-state index in [1.807, 2.05) is 30.3 Å². The summed E-state index contributed by atoms with van der Waals surface area (Å²) in [4.78, 5) is 39.1. The van der Waals surface area contributed by atoms with Gasteiger partial charge in [0.2, 0.25) is 0 Å². The van der Waals surface area contributed by atoms with Gasteiger partial charge in [-0.3, -0.25) is 4.90 Å². The molecule has 1 heterocycles. The van der Waals surface area contributed by atoms with Crippen LogP contribution < -0.4 is 15.0 Å². The Hall–Kier alpha value is -3.95. The number of rotatable bonds is 16. The molecule has 42 heavy (non-hydrogen) atoms. The van der Waals surface area contributed by atoms with Gasteiger partial charge in [0.25, 0.3) is 0 Å². The molecule has 1 fully saturated rings. The van der Waals surface area contributed by atoms with Crippen LogP contribution in [0.2, 0.25) is 0 Å². The van der Waals surface area contributed by atoms with E-state index in [2.05, 4.69) is 12.2 Å². The van der Waals surface area contributed by atoms with Crippen LogP contribution in [0.25, 0.3) is 0 Å². The Kier molecular flexibility index (Phi) is 14.3. The lowest BCUT2D eigenvalue weighted by Gasteiger charge is -2.31. The van der Waals surface area contributed by atoms with Gasteiger partial charge in [-0.25, -0.2) is 14.4 Å². The summed E-state index contributed by atoms with van der Waals surface area (Å²) in [5.41, 5.74) is 0.592. The van der Waals surface area contributed by atoms with Gasteiger partial charge in [0, 0.05) is 44.7 Å². The van der Waals surface area contributed by atoms with Crippen molar-refractivity contribution < 1.29 is 33.7 Å². The first-order chi connectivity index (χ1) is 20.5. The second-order valence-corrected chi connectivity index (χ2v) is 10.5. The van der Waals surface area contributed by atoms with Crippen molar-refractivity contribution in [2.45, 2.75) is 77.2 Å². The zero-order valence-electron chi connectivity index (χ0n) is 24.7. The van der Waals surface area contributed by atoms with Crippen LogP contribution in [0, 0.1) is 0 Å². The van der Waals surface area contributed by atoms with E-state index in [0.29, 0.717) is 69.9 Å². The number of hydrogen-bond donors (Lipinski definition) is 2. The van der Waals surface area contributed by atoms with Crippen molar-refractivity contribution in [3.05, 3.63) is 54.6 Å². The second-order valence-electron chi connectivity index (χ2n) is 10.5. The Morgan fingerprint density at radius 1 is 0.881 bits per heavy atom. The average molecular weight is 584 g/mol. The number of carboxylic acid groups (broad SMARTS) is 1. The topological polar surface area (TPSA) is 118 Å². The number of alkyl carbamates (subject to hydrolysis) is 1. The first kappa shape index (κ1) is 32.6. The highest BCUT2D eigenvalue weighted by molar-refractivity contribution is 5.86. The minimum absolute atomic E-state index is 0.185. The van der Waals surface area contributed by atoms with E-state index in [0.717, 1.165) is 37.9 Å². The van der Waals surface area contributed by atoms with Crippen molar-refractivity contribution in [1.82, 2.24) is 10.2 Å². The number of nitrogens with one attached hydrogen (secondary N) is 1. The number of anilines is 1. The molecule has 2 aromatic rings. The number of hydrogen-bond acceptors (Lipinski definition) is 6. The van der Waals surface area contributed by atoms with E-state index in [1.165, 1.54) is 11.3 Å². The quantitative estimate of drug-likeness (QED) is 0.197. The number of ether oxygens (including phenoxy) is 3. The highest BCUT2D eigenvalue weighted by atomic mass is 16.6. The lowest BCUT2D eigenvalue weighted by atomic mass is 10.1. The maximum absolute atomic E-state index is 12.4. The summed E-state index contributed by atoms with van der Waals surface area (Å²) in [7, 11) is 0.